The average Bonchev–Trinajstić information content (AvgIpc) is 2.60. The molecule has 1 amide bonds. The molecule has 1 unspecified atom stereocenters. The van der Waals surface area contributed by atoms with Crippen LogP contribution in [0.4, 0.5) is 0 Å². The van der Waals surface area contributed by atoms with Gasteiger partial charge in [-0.25, -0.2) is 0 Å². The Morgan fingerprint density at radius 3 is 2.50 bits per heavy atom. The number of carbonyl (C=O) groups is 1. The number of benzene rings is 3. The maximum absolute atomic E-state index is 11.8. The number of ether oxygens (including phenoxy) is 1. The fraction of sp³-hybridized carbons (Fsp3) is 0.150. The van der Waals surface area contributed by atoms with Crippen LogP contribution in [0.5, 0.6) is 11.5 Å². The van der Waals surface area contributed by atoms with Crippen molar-refractivity contribution in [3.8, 4) is 11.5 Å². The minimum Gasteiger partial charge on any atom is -0.508 e. The van der Waals surface area contributed by atoms with Crippen LogP contribution in [0.2, 0.25) is 0 Å². The number of fused-ring (bicyclic) bond motifs is 1. The van der Waals surface area contributed by atoms with Gasteiger partial charge in [-0.1, -0.05) is 48.5 Å². The van der Waals surface area contributed by atoms with Gasteiger partial charge in [0.05, 0.1) is 13.2 Å². The van der Waals surface area contributed by atoms with Crippen molar-refractivity contribution in [2.75, 3.05) is 7.11 Å². The van der Waals surface area contributed by atoms with Crippen molar-refractivity contribution in [2.45, 2.75) is 13.0 Å². The number of carbonyl (C=O) groups excluding carboxylic acids is 1. The highest BCUT2D eigenvalue weighted by Crippen LogP contribution is 2.38. The summed E-state index contributed by atoms with van der Waals surface area (Å²) in [6, 6.07) is 18.3. The van der Waals surface area contributed by atoms with E-state index in [0.717, 1.165) is 16.3 Å². The lowest BCUT2D eigenvalue weighted by Crippen LogP contribution is -2.27. The second kappa shape index (κ2) is 6.62. The summed E-state index contributed by atoms with van der Waals surface area (Å²) in [7, 11) is 1.59. The van der Waals surface area contributed by atoms with Crippen molar-refractivity contribution in [3.63, 3.8) is 0 Å². The zero-order chi connectivity index (χ0) is 17.1. The van der Waals surface area contributed by atoms with Gasteiger partial charge in [-0.2, -0.15) is 0 Å². The van der Waals surface area contributed by atoms with Crippen molar-refractivity contribution in [1.29, 1.82) is 0 Å². The van der Waals surface area contributed by atoms with Crippen molar-refractivity contribution in [3.05, 3.63) is 71.8 Å². The molecule has 0 fully saturated rings. The Bertz CT molecular complexity index is 889. The molecule has 2 N–H and O–H groups in total. The highest BCUT2D eigenvalue weighted by Gasteiger charge is 2.24. The SMILES string of the molecule is COc1ccccc1C(NC(C)=O)c1c(O)ccc2ccccc12. The van der Waals surface area contributed by atoms with E-state index >= 15 is 0 Å². The summed E-state index contributed by atoms with van der Waals surface area (Å²) in [5, 5.41) is 15.4. The largest absolute Gasteiger partial charge is 0.508 e. The van der Waals surface area contributed by atoms with E-state index < -0.39 is 6.04 Å². The summed E-state index contributed by atoms with van der Waals surface area (Å²) in [5.74, 6) is 0.611. The summed E-state index contributed by atoms with van der Waals surface area (Å²) in [5.41, 5.74) is 1.45. The van der Waals surface area contributed by atoms with E-state index in [-0.39, 0.29) is 11.7 Å². The fourth-order valence-corrected chi connectivity index (χ4v) is 3.00. The van der Waals surface area contributed by atoms with Gasteiger partial charge in [0.1, 0.15) is 11.5 Å². The maximum atomic E-state index is 11.8. The molecule has 3 aromatic carbocycles. The summed E-state index contributed by atoms with van der Waals surface area (Å²) in [4.78, 5) is 11.8. The first-order chi connectivity index (χ1) is 11.6. The minimum absolute atomic E-state index is 0.137. The minimum atomic E-state index is -0.509. The topological polar surface area (TPSA) is 58.6 Å². The van der Waals surface area contributed by atoms with Crippen LogP contribution in [-0.4, -0.2) is 18.1 Å². The van der Waals surface area contributed by atoms with Crippen molar-refractivity contribution in [2.24, 2.45) is 0 Å². The predicted molar refractivity (Wildman–Crippen MR) is 94.3 cm³/mol. The Kier molecular flexibility index (Phi) is 4.38. The molecule has 0 spiro atoms. The van der Waals surface area contributed by atoms with Gasteiger partial charge >= 0.3 is 0 Å². The molecule has 0 bridgehead atoms. The molecule has 4 heteroatoms. The second-order valence-corrected chi connectivity index (χ2v) is 5.59. The average molecular weight is 321 g/mol. The van der Waals surface area contributed by atoms with Crippen LogP contribution in [0, 0.1) is 0 Å². The number of methoxy groups -OCH3 is 1. The Hall–Kier alpha value is -3.01. The Labute approximate surface area is 140 Å². The number of amides is 1. The highest BCUT2D eigenvalue weighted by molar-refractivity contribution is 5.89. The molecule has 0 aromatic heterocycles. The molecule has 0 aliphatic rings. The molecule has 0 aliphatic heterocycles. The van der Waals surface area contributed by atoms with Gasteiger partial charge in [-0.15, -0.1) is 0 Å². The fourth-order valence-electron chi connectivity index (χ4n) is 3.00. The molecule has 0 saturated carbocycles. The number of para-hydroxylation sites is 1. The van der Waals surface area contributed by atoms with Crippen LogP contribution < -0.4 is 10.1 Å². The van der Waals surface area contributed by atoms with Crippen LogP contribution in [0.25, 0.3) is 10.8 Å². The van der Waals surface area contributed by atoms with E-state index in [1.165, 1.54) is 6.92 Å². The number of hydrogen-bond donors (Lipinski definition) is 2. The molecule has 3 aromatic rings. The Morgan fingerprint density at radius 1 is 1.04 bits per heavy atom. The standard InChI is InChI=1S/C20H19NO3/c1-13(22)21-20(16-9-5-6-10-18(16)24-2)19-15-8-4-3-7-14(15)11-12-17(19)23/h3-12,20,23H,1-2H3,(H,21,22). The number of phenols is 1. The third-order valence-electron chi connectivity index (χ3n) is 4.03. The zero-order valence-electron chi connectivity index (χ0n) is 13.6. The predicted octanol–water partition coefficient (Wildman–Crippen LogP) is 3.78. The van der Waals surface area contributed by atoms with Gasteiger partial charge in [0.15, 0.2) is 0 Å². The zero-order valence-corrected chi connectivity index (χ0v) is 13.6. The van der Waals surface area contributed by atoms with Crippen LogP contribution in [0.1, 0.15) is 24.1 Å². The van der Waals surface area contributed by atoms with E-state index in [1.807, 2.05) is 54.6 Å². The van der Waals surface area contributed by atoms with Gasteiger partial charge in [0.25, 0.3) is 0 Å². The van der Waals surface area contributed by atoms with Crippen LogP contribution in [0.3, 0.4) is 0 Å². The number of hydrogen-bond acceptors (Lipinski definition) is 3. The van der Waals surface area contributed by atoms with Gasteiger partial charge in [0, 0.05) is 18.1 Å². The van der Waals surface area contributed by atoms with Crippen molar-refractivity contribution in [1.82, 2.24) is 5.32 Å². The molecule has 3 rings (SSSR count). The summed E-state index contributed by atoms with van der Waals surface area (Å²) >= 11 is 0. The van der Waals surface area contributed by atoms with Crippen LogP contribution in [-0.2, 0) is 4.79 Å². The van der Waals surface area contributed by atoms with Crippen LogP contribution >= 0.6 is 0 Å². The van der Waals surface area contributed by atoms with E-state index in [2.05, 4.69) is 5.32 Å². The molecule has 0 saturated heterocycles. The Balaban J connectivity index is 2.28. The molecule has 4 nitrogen and oxygen atoms in total. The lowest BCUT2D eigenvalue weighted by molar-refractivity contribution is -0.119. The normalized spacial score (nSPS) is 11.9. The van der Waals surface area contributed by atoms with E-state index in [4.69, 9.17) is 4.74 Å². The van der Waals surface area contributed by atoms with Gasteiger partial charge in [0.2, 0.25) is 5.91 Å². The lowest BCUT2D eigenvalue weighted by Gasteiger charge is -2.23. The number of aromatic hydroxyl groups is 1. The molecular formula is C20H19NO3. The third-order valence-corrected chi connectivity index (χ3v) is 4.03. The first kappa shape index (κ1) is 15.9. The first-order valence-electron chi connectivity index (χ1n) is 7.72. The smallest absolute Gasteiger partial charge is 0.217 e. The molecule has 122 valence electrons. The van der Waals surface area contributed by atoms with Crippen molar-refractivity contribution < 1.29 is 14.6 Å². The molecular weight excluding hydrogens is 302 g/mol. The number of nitrogens with one attached hydrogen (secondary N) is 1. The van der Waals surface area contributed by atoms with E-state index in [1.54, 1.807) is 13.2 Å². The molecule has 24 heavy (non-hydrogen) atoms. The lowest BCUT2D eigenvalue weighted by atomic mass is 9.92. The highest BCUT2D eigenvalue weighted by atomic mass is 16.5. The van der Waals surface area contributed by atoms with Crippen LogP contribution in [0.15, 0.2) is 60.7 Å². The maximum Gasteiger partial charge on any atom is 0.217 e. The van der Waals surface area contributed by atoms with Gasteiger partial charge in [-0.05, 0) is 22.9 Å². The molecule has 1 atom stereocenters. The Morgan fingerprint density at radius 2 is 1.75 bits per heavy atom. The van der Waals surface area contributed by atoms with Crippen molar-refractivity contribution >= 4 is 16.7 Å². The number of rotatable bonds is 4. The summed E-state index contributed by atoms with van der Waals surface area (Å²) < 4.78 is 5.45. The summed E-state index contributed by atoms with van der Waals surface area (Å²) in [6.45, 7) is 1.46. The first-order valence-corrected chi connectivity index (χ1v) is 7.72. The molecule has 0 radical (unpaired) electrons. The summed E-state index contributed by atoms with van der Waals surface area (Å²) in [6.07, 6.45) is 0. The second-order valence-electron chi connectivity index (χ2n) is 5.59. The van der Waals surface area contributed by atoms with E-state index in [0.29, 0.717) is 11.3 Å². The number of phenolic OH excluding ortho intramolecular Hbond substituents is 1. The third kappa shape index (κ3) is 2.91. The van der Waals surface area contributed by atoms with Gasteiger partial charge < -0.3 is 15.2 Å². The molecule has 0 heterocycles. The molecule has 0 aliphatic carbocycles. The quantitative estimate of drug-likeness (QED) is 0.769. The van der Waals surface area contributed by atoms with Gasteiger partial charge in [-0.3, -0.25) is 4.79 Å². The monoisotopic (exact) mass is 321 g/mol. The van der Waals surface area contributed by atoms with E-state index in [9.17, 15) is 9.90 Å².